The molecule has 0 spiro atoms. The van der Waals surface area contributed by atoms with Crippen LogP contribution in [-0.4, -0.2) is 23.7 Å². The van der Waals surface area contributed by atoms with E-state index in [2.05, 4.69) is 15.6 Å². The maximum Gasteiger partial charge on any atom is 0.255 e. The summed E-state index contributed by atoms with van der Waals surface area (Å²) in [6.45, 7) is 4.65. The van der Waals surface area contributed by atoms with Crippen molar-refractivity contribution in [3.05, 3.63) is 47.7 Å². The average molecular weight is 301 g/mol. The SMILES string of the molecule is CCNc1cc(C(=O)Nc2ccccc2SC)cc(C)n1. The summed E-state index contributed by atoms with van der Waals surface area (Å²) in [5, 5.41) is 6.09. The van der Waals surface area contributed by atoms with Crippen LogP contribution in [0.2, 0.25) is 0 Å². The minimum absolute atomic E-state index is 0.124. The molecule has 0 saturated heterocycles. The average Bonchev–Trinajstić information content (AvgIpc) is 2.47. The van der Waals surface area contributed by atoms with Crippen molar-refractivity contribution in [2.24, 2.45) is 0 Å². The molecule has 1 amide bonds. The van der Waals surface area contributed by atoms with E-state index in [1.54, 1.807) is 23.9 Å². The lowest BCUT2D eigenvalue weighted by molar-refractivity contribution is 0.102. The van der Waals surface area contributed by atoms with Crippen LogP contribution in [0.25, 0.3) is 0 Å². The van der Waals surface area contributed by atoms with Crippen LogP contribution in [0, 0.1) is 6.92 Å². The van der Waals surface area contributed by atoms with E-state index in [9.17, 15) is 4.79 Å². The van der Waals surface area contributed by atoms with Crippen molar-refractivity contribution in [3.63, 3.8) is 0 Å². The Hall–Kier alpha value is -2.01. The number of thioether (sulfide) groups is 1. The van der Waals surface area contributed by atoms with E-state index in [0.717, 1.165) is 28.6 Å². The smallest absolute Gasteiger partial charge is 0.255 e. The maximum atomic E-state index is 12.4. The summed E-state index contributed by atoms with van der Waals surface area (Å²) >= 11 is 1.61. The van der Waals surface area contributed by atoms with Gasteiger partial charge in [-0.15, -0.1) is 11.8 Å². The number of carbonyl (C=O) groups is 1. The molecule has 0 radical (unpaired) electrons. The third-order valence-electron chi connectivity index (χ3n) is 2.93. The van der Waals surface area contributed by atoms with Crippen LogP contribution in [0.15, 0.2) is 41.3 Å². The van der Waals surface area contributed by atoms with Crippen LogP contribution >= 0.6 is 11.8 Å². The molecule has 0 bridgehead atoms. The van der Waals surface area contributed by atoms with Gasteiger partial charge in [-0.05, 0) is 44.4 Å². The molecule has 0 aliphatic rings. The Balaban J connectivity index is 2.24. The molecule has 2 N–H and O–H groups in total. The molecule has 1 heterocycles. The summed E-state index contributed by atoms with van der Waals surface area (Å²) in [6, 6.07) is 11.3. The van der Waals surface area contributed by atoms with Crippen molar-refractivity contribution >= 4 is 29.2 Å². The fraction of sp³-hybridized carbons (Fsp3) is 0.250. The number of nitrogens with zero attached hydrogens (tertiary/aromatic N) is 1. The van der Waals surface area contributed by atoms with Crippen LogP contribution in [-0.2, 0) is 0 Å². The Morgan fingerprint density at radius 2 is 2.05 bits per heavy atom. The van der Waals surface area contributed by atoms with Crippen molar-refractivity contribution in [1.29, 1.82) is 0 Å². The quantitative estimate of drug-likeness (QED) is 0.825. The molecule has 4 nitrogen and oxygen atoms in total. The molecular weight excluding hydrogens is 282 g/mol. The number of hydrogen-bond acceptors (Lipinski definition) is 4. The zero-order valence-electron chi connectivity index (χ0n) is 12.4. The van der Waals surface area contributed by atoms with Gasteiger partial charge in [0.05, 0.1) is 5.69 Å². The molecule has 110 valence electrons. The first kappa shape index (κ1) is 15.4. The molecule has 0 fully saturated rings. The van der Waals surface area contributed by atoms with Gasteiger partial charge in [-0.2, -0.15) is 0 Å². The largest absolute Gasteiger partial charge is 0.370 e. The third kappa shape index (κ3) is 3.98. The Labute approximate surface area is 129 Å². The number of amides is 1. The van der Waals surface area contributed by atoms with E-state index < -0.39 is 0 Å². The number of nitrogens with one attached hydrogen (secondary N) is 2. The minimum atomic E-state index is -0.124. The molecule has 1 aromatic carbocycles. The molecule has 0 aliphatic heterocycles. The molecule has 0 atom stereocenters. The first-order valence-corrected chi connectivity index (χ1v) is 8.03. The summed E-state index contributed by atoms with van der Waals surface area (Å²) in [5.41, 5.74) is 2.25. The van der Waals surface area contributed by atoms with Crippen molar-refractivity contribution in [2.75, 3.05) is 23.4 Å². The molecule has 2 aromatic rings. The maximum absolute atomic E-state index is 12.4. The van der Waals surface area contributed by atoms with Crippen molar-refractivity contribution in [1.82, 2.24) is 4.98 Å². The normalized spacial score (nSPS) is 10.2. The highest BCUT2D eigenvalue weighted by molar-refractivity contribution is 7.98. The number of anilines is 2. The summed E-state index contributed by atoms with van der Waals surface area (Å²) in [7, 11) is 0. The number of aryl methyl sites for hydroxylation is 1. The molecular formula is C16H19N3OS. The molecule has 0 aliphatic carbocycles. The Morgan fingerprint density at radius 3 is 2.76 bits per heavy atom. The van der Waals surface area contributed by atoms with Crippen molar-refractivity contribution in [3.8, 4) is 0 Å². The van der Waals surface area contributed by atoms with Gasteiger partial charge in [0.1, 0.15) is 5.82 Å². The summed E-state index contributed by atoms with van der Waals surface area (Å²) in [5.74, 6) is 0.599. The lowest BCUT2D eigenvalue weighted by Gasteiger charge is -2.11. The van der Waals surface area contributed by atoms with E-state index in [1.807, 2.05) is 44.4 Å². The zero-order chi connectivity index (χ0) is 15.2. The number of benzene rings is 1. The van der Waals surface area contributed by atoms with E-state index in [0.29, 0.717) is 5.56 Å². The highest BCUT2D eigenvalue weighted by Gasteiger charge is 2.10. The first-order chi connectivity index (χ1) is 10.1. The van der Waals surface area contributed by atoms with Crippen LogP contribution in [0.1, 0.15) is 23.0 Å². The Morgan fingerprint density at radius 1 is 1.29 bits per heavy atom. The molecule has 5 heteroatoms. The molecule has 21 heavy (non-hydrogen) atoms. The summed E-state index contributed by atoms with van der Waals surface area (Å²) in [6.07, 6.45) is 1.99. The monoisotopic (exact) mass is 301 g/mol. The lowest BCUT2D eigenvalue weighted by Crippen LogP contribution is -2.14. The van der Waals surface area contributed by atoms with Gasteiger partial charge in [0.25, 0.3) is 5.91 Å². The van der Waals surface area contributed by atoms with Gasteiger partial charge >= 0.3 is 0 Å². The first-order valence-electron chi connectivity index (χ1n) is 6.81. The standard InChI is InChI=1S/C16H19N3OS/c1-4-17-15-10-12(9-11(2)18-15)16(20)19-13-7-5-6-8-14(13)21-3/h5-10H,4H2,1-3H3,(H,17,18)(H,19,20). The number of pyridine rings is 1. The van der Waals surface area contributed by atoms with Gasteiger partial charge in [-0.3, -0.25) is 4.79 Å². The zero-order valence-corrected chi connectivity index (χ0v) is 13.3. The fourth-order valence-electron chi connectivity index (χ4n) is 2.01. The van der Waals surface area contributed by atoms with Gasteiger partial charge in [0.15, 0.2) is 0 Å². The molecule has 0 saturated carbocycles. The Bertz CT molecular complexity index is 643. The van der Waals surface area contributed by atoms with Crippen LogP contribution in [0.4, 0.5) is 11.5 Å². The van der Waals surface area contributed by atoms with E-state index >= 15 is 0 Å². The van der Waals surface area contributed by atoms with Gasteiger partial charge in [-0.25, -0.2) is 4.98 Å². The number of aromatic nitrogens is 1. The van der Waals surface area contributed by atoms with E-state index in [4.69, 9.17) is 0 Å². The molecule has 2 rings (SSSR count). The number of para-hydroxylation sites is 1. The topological polar surface area (TPSA) is 54.0 Å². The minimum Gasteiger partial charge on any atom is -0.370 e. The van der Waals surface area contributed by atoms with Crippen LogP contribution in [0.5, 0.6) is 0 Å². The highest BCUT2D eigenvalue weighted by atomic mass is 32.2. The fourth-order valence-corrected chi connectivity index (χ4v) is 2.57. The van der Waals surface area contributed by atoms with Crippen LogP contribution < -0.4 is 10.6 Å². The van der Waals surface area contributed by atoms with Crippen LogP contribution in [0.3, 0.4) is 0 Å². The second-order valence-electron chi connectivity index (χ2n) is 4.57. The summed E-state index contributed by atoms with van der Waals surface area (Å²) in [4.78, 5) is 17.8. The third-order valence-corrected chi connectivity index (χ3v) is 3.72. The van der Waals surface area contributed by atoms with E-state index in [1.165, 1.54) is 0 Å². The highest BCUT2D eigenvalue weighted by Crippen LogP contribution is 2.25. The predicted molar refractivity (Wildman–Crippen MR) is 89.3 cm³/mol. The number of hydrogen-bond donors (Lipinski definition) is 2. The van der Waals surface area contributed by atoms with Crippen molar-refractivity contribution < 1.29 is 4.79 Å². The number of carbonyl (C=O) groups excluding carboxylic acids is 1. The second kappa shape index (κ2) is 7.13. The van der Waals surface area contributed by atoms with E-state index in [-0.39, 0.29) is 5.91 Å². The summed E-state index contributed by atoms with van der Waals surface area (Å²) < 4.78 is 0. The molecule has 1 aromatic heterocycles. The number of rotatable bonds is 5. The van der Waals surface area contributed by atoms with Gasteiger partial charge < -0.3 is 10.6 Å². The predicted octanol–water partition coefficient (Wildman–Crippen LogP) is 3.80. The van der Waals surface area contributed by atoms with Crippen molar-refractivity contribution in [2.45, 2.75) is 18.7 Å². The van der Waals surface area contributed by atoms with Gasteiger partial charge in [-0.1, -0.05) is 12.1 Å². The van der Waals surface area contributed by atoms with Gasteiger partial charge in [0.2, 0.25) is 0 Å². The molecule has 0 unspecified atom stereocenters. The second-order valence-corrected chi connectivity index (χ2v) is 5.42. The van der Waals surface area contributed by atoms with Gasteiger partial charge in [0, 0.05) is 22.7 Å². The lowest BCUT2D eigenvalue weighted by atomic mass is 10.2. The Kier molecular flexibility index (Phi) is 5.22.